The maximum atomic E-state index is 6.72. The highest BCUT2D eigenvalue weighted by molar-refractivity contribution is 6.74. The second-order valence-electron chi connectivity index (χ2n) is 10.2. The molecule has 0 bridgehead atoms. The molecule has 150 valence electrons. The monoisotopic (exact) mass is 380 g/mol. The summed E-state index contributed by atoms with van der Waals surface area (Å²) in [5, 5.41) is 0.190. The molecule has 1 fully saturated rings. The van der Waals surface area contributed by atoms with Crippen LogP contribution in [0.15, 0.2) is 24.7 Å². The predicted octanol–water partition coefficient (Wildman–Crippen LogP) is 6.31. The smallest absolute Gasteiger partial charge is 0.414 e. The fourth-order valence-electron chi connectivity index (χ4n) is 2.68. The summed E-state index contributed by atoms with van der Waals surface area (Å²) < 4.78 is 19.1. The molecule has 0 radical (unpaired) electrons. The molecule has 1 saturated heterocycles. The van der Waals surface area contributed by atoms with Gasteiger partial charge in [-0.05, 0) is 77.0 Å². The fraction of sp³-hybridized carbons (Fsp3) is 0.810. The highest BCUT2D eigenvalue weighted by Crippen LogP contribution is 2.41. The van der Waals surface area contributed by atoms with Crippen molar-refractivity contribution < 1.29 is 13.7 Å². The van der Waals surface area contributed by atoms with Gasteiger partial charge in [0.25, 0.3) is 0 Å². The molecule has 3 nitrogen and oxygen atoms in total. The molecular formula is C21H41BO3Si. The van der Waals surface area contributed by atoms with Crippen LogP contribution < -0.4 is 0 Å². The van der Waals surface area contributed by atoms with Crippen LogP contribution in [0.5, 0.6) is 0 Å². The van der Waals surface area contributed by atoms with E-state index in [0.29, 0.717) is 0 Å². The Kier molecular flexibility index (Phi) is 7.59. The zero-order valence-electron chi connectivity index (χ0n) is 18.7. The van der Waals surface area contributed by atoms with Crippen molar-refractivity contribution in [3.05, 3.63) is 24.7 Å². The Hall–Kier alpha value is -0.358. The number of hydrogen-bond acceptors (Lipinski definition) is 3. The van der Waals surface area contributed by atoms with Crippen molar-refractivity contribution in [3.8, 4) is 0 Å². The minimum atomic E-state index is -1.84. The average Bonchev–Trinajstić information content (AvgIpc) is 2.66. The second kappa shape index (κ2) is 8.34. The van der Waals surface area contributed by atoms with E-state index in [0.717, 1.165) is 31.2 Å². The van der Waals surface area contributed by atoms with Crippen molar-refractivity contribution >= 4 is 15.4 Å². The lowest BCUT2D eigenvalue weighted by molar-refractivity contribution is 0.00578. The summed E-state index contributed by atoms with van der Waals surface area (Å²) >= 11 is 0. The van der Waals surface area contributed by atoms with Crippen molar-refractivity contribution in [2.24, 2.45) is 0 Å². The van der Waals surface area contributed by atoms with E-state index in [9.17, 15) is 0 Å². The standard InChI is InChI=1S/C21H41BO3Si/c1-12-13-14-15-18(23-26(10,11)19(3,4)5)16-17(2)22-24-20(6,7)21(8,9)25-22/h12,18H,1-2,13-16H2,3-11H3. The number of rotatable bonds is 9. The summed E-state index contributed by atoms with van der Waals surface area (Å²) in [6.07, 6.45) is 6.02. The Morgan fingerprint density at radius 1 is 1.15 bits per heavy atom. The van der Waals surface area contributed by atoms with Gasteiger partial charge in [-0.1, -0.05) is 26.8 Å². The largest absolute Gasteiger partial charge is 0.490 e. The first kappa shape index (κ1) is 23.7. The maximum Gasteiger partial charge on any atom is 0.490 e. The fourth-order valence-corrected chi connectivity index (χ4v) is 4.07. The van der Waals surface area contributed by atoms with Crippen molar-refractivity contribution in [1.29, 1.82) is 0 Å². The molecule has 5 heteroatoms. The van der Waals surface area contributed by atoms with Crippen LogP contribution >= 0.6 is 0 Å². The first-order valence-corrected chi connectivity index (χ1v) is 12.9. The first-order valence-electron chi connectivity index (χ1n) is 9.95. The van der Waals surface area contributed by atoms with Crippen molar-refractivity contribution in [2.75, 3.05) is 0 Å². The van der Waals surface area contributed by atoms with Gasteiger partial charge in [0.15, 0.2) is 8.32 Å². The van der Waals surface area contributed by atoms with Crippen LogP contribution in [0.1, 0.15) is 74.1 Å². The van der Waals surface area contributed by atoms with Gasteiger partial charge in [-0.3, -0.25) is 0 Å². The number of hydrogen-bond donors (Lipinski definition) is 0. The van der Waals surface area contributed by atoms with Gasteiger partial charge in [0.1, 0.15) is 0 Å². The van der Waals surface area contributed by atoms with E-state index in [1.165, 1.54) is 0 Å². The third kappa shape index (κ3) is 5.82. The van der Waals surface area contributed by atoms with E-state index < -0.39 is 8.32 Å². The average molecular weight is 380 g/mol. The molecule has 1 aliphatic rings. The van der Waals surface area contributed by atoms with Gasteiger partial charge in [-0.15, -0.1) is 13.2 Å². The SMILES string of the molecule is C=CCCCC(CC(=C)B1OC(C)(C)C(C)(C)O1)O[Si](C)(C)C(C)(C)C. The van der Waals surface area contributed by atoms with Gasteiger partial charge in [-0.2, -0.15) is 0 Å². The zero-order valence-corrected chi connectivity index (χ0v) is 19.7. The van der Waals surface area contributed by atoms with Gasteiger partial charge in [-0.25, -0.2) is 0 Å². The lowest BCUT2D eigenvalue weighted by atomic mass is 9.76. The van der Waals surface area contributed by atoms with Gasteiger partial charge in [0.05, 0.1) is 11.2 Å². The van der Waals surface area contributed by atoms with Gasteiger partial charge < -0.3 is 13.7 Å². The number of unbranched alkanes of at least 4 members (excludes halogenated alkanes) is 1. The van der Waals surface area contributed by atoms with E-state index in [-0.39, 0.29) is 29.5 Å². The molecule has 0 aromatic heterocycles. The summed E-state index contributed by atoms with van der Waals surface area (Å²) in [5.41, 5.74) is 0.310. The van der Waals surface area contributed by atoms with Gasteiger partial charge in [0, 0.05) is 6.10 Å². The molecule has 26 heavy (non-hydrogen) atoms. The van der Waals surface area contributed by atoms with E-state index in [1.54, 1.807) is 0 Å². The molecule has 1 unspecified atom stereocenters. The molecule has 1 atom stereocenters. The van der Waals surface area contributed by atoms with Crippen LogP contribution in [0.4, 0.5) is 0 Å². The molecule has 1 rings (SSSR count). The van der Waals surface area contributed by atoms with Gasteiger partial charge >= 0.3 is 7.12 Å². The molecule has 0 aliphatic carbocycles. The van der Waals surface area contributed by atoms with Crippen LogP contribution in [-0.4, -0.2) is 32.7 Å². The highest BCUT2D eigenvalue weighted by Gasteiger charge is 2.52. The molecule has 0 N–H and O–H groups in total. The van der Waals surface area contributed by atoms with Crippen molar-refractivity contribution in [2.45, 2.75) is 110 Å². The summed E-state index contributed by atoms with van der Waals surface area (Å²) in [5.74, 6) is 0. The molecule has 0 spiro atoms. The molecule has 1 aliphatic heterocycles. The van der Waals surface area contributed by atoms with E-state index >= 15 is 0 Å². The summed E-state index contributed by atoms with van der Waals surface area (Å²) in [4.78, 5) is 0. The first-order chi connectivity index (χ1) is 11.6. The minimum absolute atomic E-state index is 0.155. The van der Waals surface area contributed by atoms with Crippen LogP contribution in [-0.2, 0) is 13.7 Å². The van der Waals surface area contributed by atoms with E-state index in [2.05, 4.69) is 74.7 Å². The van der Waals surface area contributed by atoms with E-state index in [4.69, 9.17) is 13.7 Å². The Bertz CT molecular complexity index is 490. The highest BCUT2D eigenvalue weighted by atomic mass is 28.4. The molecular weight excluding hydrogens is 339 g/mol. The van der Waals surface area contributed by atoms with Crippen LogP contribution in [0.2, 0.25) is 18.1 Å². The lowest BCUT2D eigenvalue weighted by Crippen LogP contribution is -2.44. The van der Waals surface area contributed by atoms with Crippen molar-refractivity contribution in [3.63, 3.8) is 0 Å². The summed E-state index contributed by atoms with van der Waals surface area (Å²) in [7, 11) is -2.20. The third-order valence-electron chi connectivity index (χ3n) is 6.28. The molecule has 0 aromatic rings. The molecule has 1 heterocycles. The Labute approximate surface area is 163 Å². The minimum Gasteiger partial charge on any atom is -0.414 e. The maximum absolute atomic E-state index is 6.72. The lowest BCUT2D eigenvalue weighted by Gasteiger charge is -2.39. The summed E-state index contributed by atoms with van der Waals surface area (Å²) in [6, 6.07) is 0. The molecule has 0 aromatic carbocycles. The normalized spacial score (nSPS) is 20.9. The van der Waals surface area contributed by atoms with Crippen LogP contribution in [0.25, 0.3) is 0 Å². The predicted molar refractivity (Wildman–Crippen MR) is 116 cm³/mol. The van der Waals surface area contributed by atoms with Crippen molar-refractivity contribution in [1.82, 2.24) is 0 Å². The Morgan fingerprint density at radius 2 is 1.65 bits per heavy atom. The molecule has 0 saturated carbocycles. The zero-order chi connectivity index (χ0) is 20.4. The van der Waals surface area contributed by atoms with E-state index in [1.807, 2.05) is 6.08 Å². The van der Waals surface area contributed by atoms with Crippen LogP contribution in [0.3, 0.4) is 0 Å². The Balaban J connectivity index is 2.82. The third-order valence-corrected chi connectivity index (χ3v) is 10.8. The van der Waals surface area contributed by atoms with Gasteiger partial charge in [0.2, 0.25) is 0 Å². The summed E-state index contributed by atoms with van der Waals surface area (Å²) in [6.45, 7) is 27.9. The number of allylic oxidation sites excluding steroid dienone is 1. The topological polar surface area (TPSA) is 27.7 Å². The Morgan fingerprint density at radius 3 is 2.08 bits per heavy atom. The molecule has 0 amide bonds. The second-order valence-corrected chi connectivity index (χ2v) is 14.9. The quantitative estimate of drug-likeness (QED) is 0.266. The van der Waals surface area contributed by atoms with Crippen LogP contribution in [0, 0.1) is 0 Å².